The van der Waals surface area contributed by atoms with Gasteiger partial charge in [0.15, 0.2) is 0 Å². The summed E-state index contributed by atoms with van der Waals surface area (Å²) in [5.74, 6) is 1.37. The van der Waals surface area contributed by atoms with Gasteiger partial charge in [-0.2, -0.15) is 0 Å². The van der Waals surface area contributed by atoms with E-state index in [1.807, 2.05) is 0 Å². The number of piperidine rings is 1. The second-order valence-electron chi connectivity index (χ2n) is 5.11. The molecule has 88 valence electrons. The van der Waals surface area contributed by atoms with Crippen LogP contribution in [-0.2, 0) is 4.79 Å². The third-order valence-corrected chi connectivity index (χ3v) is 4.36. The number of rotatable bonds is 3. The van der Waals surface area contributed by atoms with Gasteiger partial charge in [0, 0.05) is 31.0 Å². The summed E-state index contributed by atoms with van der Waals surface area (Å²) in [6.45, 7) is 12.1. The zero-order valence-electron chi connectivity index (χ0n) is 10.8. The molecule has 0 spiro atoms. The standard InChI is InChI=1S/C13H25NO/c1-6-9(2)11(4)14-8-7-13(15)10(3)12(14)5/h9-12H,6-8H2,1-5H3. The zero-order chi connectivity index (χ0) is 11.6. The van der Waals surface area contributed by atoms with Gasteiger partial charge in [0.1, 0.15) is 5.78 Å². The van der Waals surface area contributed by atoms with Crippen LogP contribution < -0.4 is 0 Å². The average molecular weight is 211 g/mol. The Balaban J connectivity index is 2.66. The first-order valence-electron chi connectivity index (χ1n) is 6.27. The van der Waals surface area contributed by atoms with E-state index in [-0.39, 0.29) is 5.92 Å². The molecular formula is C13H25NO. The largest absolute Gasteiger partial charge is 0.299 e. The number of carbonyl (C=O) groups excluding carboxylic acids is 1. The molecule has 1 heterocycles. The highest BCUT2D eigenvalue weighted by Gasteiger charge is 2.34. The van der Waals surface area contributed by atoms with Crippen LogP contribution in [0.5, 0.6) is 0 Å². The number of carbonyl (C=O) groups is 1. The van der Waals surface area contributed by atoms with Crippen molar-refractivity contribution in [3.05, 3.63) is 0 Å². The van der Waals surface area contributed by atoms with Gasteiger partial charge in [-0.1, -0.05) is 27.2 Å². The molecule has 0 radical (unpaired) electrons. The second kappa shape index (κ2) is 5.11. The van der Waals surface area contributed by atoms with E-state index in [9.17, 15) is 4.79 Å². The maximum Gasteiger partial charge on any atom is 0.138 e. The summed E-state index contributed by atoms with van der Waals surface area (Å²) >= 11 is 0. The Morgan fingerprint density at radius 1 is 1.40 bits per heavy atom. The SMILES string of the molecule is CCC(C)C(C)N1CCC(=O)C(C)C1C. The van der Waals surface area contributed by atoms with Crippen LogP contribution in [0.3, 0.4) is 0 Å². The van der Waals surface area contributed by atoms with Gasteiger partial charge >= 0.3 is 0 Å². The van der Waals surface area contributed by atoms with Crippen molar-refractivity contribution in [3.63, 3.8) is 0 Å². The van der Waals surface area contributed by atoms with Crippen LogP contribution in [0.25, 0.3) is 0 Å². The molecule has 0 amide bonds. The third kappa shape index (κ3) is 2.60. The topological polar surface area (TPSA) is 20.3 Å². The molecule has 15 heavy (non-hydrogen) atoms. The number of Topliss-reactive ketones (excluding diaryl/α,β-unsaturated/α-hetero) is 1. The van der Waals surface area contributed by atoms with Gasteiger partial charge < -0.3 is 0 Å². The first kappa shape index (κ1) is 12.7. The van der Waals surface area contributed by atoms with Crippen LogP contribution in [0.2, 0.25) is 0 Å². The van der Waals surface area contributed by atoms with E-state index in [0.717, 1.165) is 13.0 Å². The minimum atomic E-state index is 0.213. The van der Waals surface area contributed by atoms with Gasteiger partial charge in [0.05, 0.1) is 0 Å². The van der Waals surface area contributed by atoms with Crippen molar-refractivity contribution in [1.82, 2.24) is 4.90 Å². The highest BCUT2D eigenvalue weighted by molar-refractivity contribution is 5.82. The molecule has 0 aliphatic carbocycles. The van der Waals surface area contributed by atoms with Crippen molar-refractivity contribution in [2.45, 2.75) is 59.5 Å². The van der Waals surface area contributed by atoms with E-state index >= 15 is 0 Å². The second-order valence-corrected chi connectivity index (χ2v) is 5.11. The summed E-state index contributed by atoms with van der Waals surface area (Å²) in [4.78, 5) is 14.1. The highest BCUT2D eigenvalue weighted by atomic mass is 16.1. The fourth-order valence-electron chi connectivity index (χ4n) is 2.47. The van der Waals surface area contributed by atoms with Gasteiger partial charge in [0.25, 0.3) is 0 Å². The van der Waals surface area contributed by atoms with Crippen molar-refractivity contribution < 1.29 is 4.79 Å². The lowest BCUT2D eigenvalue weighted by Crippen LogP contribution is -2.52. The van der Waals surface area contributed by atoms with Gasteiger partial charge in [0.2, 0.25) is 0 Å². The highest BCUT2D eigenvalue weighted by Crippen LogP contribution is 2.25. The molecule has 4 atom stereocenters. The molecule has 1 saturated heterocycles. The predicted molar refractivity (Wildman–Crippen MR) is 63.9 cm³/mol. The third-order valence-electron chi connectivity index (χ3n) is 4.36. The Morgan fingerprint density at radius 3 is 2.53 bits per heavy atom. The van der Waals surface area contributed by atoms with E-state index in [1.54, 1.807) is 0 Å². The molecule has 0 N–H and O–H groups in total. The average Bonchev–Trinajstić information content (AvgIpc) is 2.24. The molecule has 1 rings (SSSR count). The molecule has 0 saturated carbocycles. The zero-order valence-corrected chi connectivity index (χ0v) is 10.8. The van der Waals surface area contributed by atoms with Gasteiger partial charge in [-0.15, -0.1) is 0 Å². The van der Waals surface area contributed by atoms with Crippen LogP contribution >= 0.6 is 0 Å². The summed E-state index contributed by atoms with van der Waals surface area (Å²) in [6, 6.07) is 1.01. The summed E-state index contributed by atoms with van der Waals surface area (Å²) in [7, 11) is 0. The van der Waals surface area contributed by atoms with Crippen LogP contribution in [-0.4, -0.2) is 29.3 Å². The van der Waals surface area contributed by atoms with Crippen molar-refractivity contribution in [2.75, 3.05) is 6.54 Å². The molecule has 1 aliphatic heterocycles. The Hall–Kier alpha value is -0.370. The molecule has 0 bridgehead atoms. The summed E-state index contributed by atoms with van der Waals surface area (Å²) < 4.78 is 0. The van der Waals surface area contributed by atoms with E-state index in [1.165, 1.54) is 6.42 Å². The van der Waals surface area contributed by atoms with Crippen LogP contribution in [0.1, 0.15) is 47.5 Å². The smallest absolute Gasteiger partial charge is 0.138 e. The van der Waals surface area contributed by atoms with Crippen molar-refractivity contribution >= 4 is 5.78 Å². The Bertz CT molecular complexity index is 227. The monoisotopic (exact) mass is 211 g/mol. The molecule has 0 aromatic carbocycles. The molecule has 0 aromatic heterocycles. The quantitative estimate of drug-likeness (QED) is 0.715. The number of likely N-dealkylation sites (tertiary alicyclic amines) is 1. The van der Waals surface area contributed by atoms with E-state index < -0.39 is 0 Å². The van der Waals surface area contributed by atoms with Crippen molar-refractivity contribution in [2.24, 2.45) is 11.8 Å². The van der Waals surface area contributed by atoms with E-state index in [2.05, 4.69) is 39.5 Å². The summed E-state index contributed by atoms with van der Waals surface area (Å²) in [5, 5.41) is 0. The number of hydrogen-bond donors (Lipinski definition) is 0. The van der Waals surface area contributed by atoms with Gasteiger partial charge in [-0.25, -0.2) is 0 Å². The lowest BCUT2D eigenvalue weighted by molar-refractivity contribution is -0.129. The molecular weight excluding hydrogens is 186 g/mol. The lowest BCUT2D eigenvalue weighted by Gasteiger charge is -2.42. The summed E-state index contributed by atoms with van der Waals surface area (Å²) in [6.07, 6.45) is 1.96. The molecule has 2 heteroatoms. The molecule has 1 aliphatic rings. The van der Waals surface area contributed by atoms with Crippen LogP contribution in [0.4, 0.5) is 0 Å². The van der Waals surface area contributed by atoms with Crippen LogP contribution in [0, 0.1) is 11.8 Å². The van der Waals surface area contributed by atoms with Crippen LogP contribution in [0.15, 0.2) is 0 Å². The molecule has 4 unspecified atom stereocenters. The lowest BCUT2D eigenvalue weighted by atomic mass is 9.87. The van der Waals surface area contributed by atoms with Gasteiger partial charge in [-0.3, -0.25) is 9.69 Å². The first-order valence-corrected chi connectivity index (χ1v) is 6.27. The number of nitrogens with zero attached hydrogens (tertiary/aromatic N) is 1. The summed E-state index contributed by atoms with van der Waals surface area (Å²) in [5.41, 5.74) is 0. The predicted octanol–water partition coefficient (Wildman–Crippen LogP) is 2.72. The fraction of sp³-hybridized carbons (Fsp3) is 0.923. The van der Waals surface area contributed by atoms with Crippen molar-refractivity contribution in [1.29, 1.82) is 0 Å². The normalized spacial score (nSPS) is 32.7. The molecule has 1 fully saturated rings. The maximum absolute atomic E-state index is 11.6. The Kier molecular flexibility index (Phi) is 4.32. The van der Waals surface area contributed by atoms with E-state index in [0.29, 0.717) is 23.8 Å². The number of ketones is 1. The minimum absolute atomic E-state index is 0.213. The first-order chi connectivity index (χ1) is 6.99. The van der Waals surface area contributed by atoms with E-state index in [4.69, 9.17) is 0 Å². The van der Waals surface area contributed by atoms with Crippen molar-refractivity contribution in [3.8, 4) is 0 Å². The Labute approximate surface area is 94.0 Å². The molecule has 2 nitrogen and oxygen atoms in total. The maximum atomic E-state index is 11.6. The number of hydrogen-bond acceptors (Lipinski definition) is 2. The van der Waals surface area contributed by atoms with Gasteiger partial charge in [-0.05, 0) is 19.8 Å². The fourth-order valence-corrected chi connectivity index (χ4v) is 2.47. The minimum Gasteiger partial charge on any atom is -0.299 e. The Morgan fingerprint density at radius 2 is 2.00 bits per heavy atom. The molecule has 0 aromatic rings.